The molecule has 1 aromatic heterocycles. The number of hydrogen-bond acceptors (Lipinski definition) is 4. The van der Waals surface area contributed by atoms with Crippen LogP contribution in [0.1, 0.15) is 12.0 Å². The van der Waals surface area contributed by atoms with E-state index in [-0.39, 0.29) is 17.7 Å². The second-order valence-corrected chi connectivity index (χ2v) is 4.26. The summed E-state index contributed by atoms with van der Waals surface area (Å²) in [6, 6.07) is 1.89. The van der Waals surface area contributed by atoms with Crippen LogP contribution in [0, 0.1) is 0 Å². The maximum absolute atomic E-state index is 12.7. The molecule has 0 radical (unpaired) electrons. The quantitative estimate of drug-likeness (QED) is 0.883. The van der Waals surface area contributed by atoms with Crippen LogP contribution in [0.4, 0.5) is 24.8 Å². The van der Waals surface area contributed by atoms with Gasteiger partial charge in [0.2, 0.25) is 0 Å². The predicted molar refractivity (Wildman–Crippen MR) is 61.3 cm³/mol. The van der Waals surface area contributed by atoms with Crippen LogP contribution in [0.3, 0.4) is 0 Å². The first-order valence-electron chi connectivity index (χ1n) is 5.53. The van der Waals surface area contributed by atoms with Crippen LogP contribution in [0.2, 0.25) is 0 Å². The fourth-order valence-electron chi connectivity index (χ4n) is 1.90. The van der Waals surface area contributed by atoms with Crippen molar-refractivity contribution in [1.82, 2.24) is 4.98 Å². The first-order chi connectivity index (χ1) is 8.38. The minimum Gasteiger partial charge on any atom is -0.384 e. The van der Waals surface area contributed by atoms with Gasteiger partial charge in [0.1, 0.15) is 11.6 Å². The third-order valence-electron chi connectivity index (χ3n) is 2.97. The highest BCUT2D eigenvalue weighted by Crippen LogP contribution is 2.32. The number of nitrogens with two attached hydrogens (primary N) is 1. The molecule has 1 saturated heterocycles. The Bertz CT molecular complexity index is 430. The lowest BCUT2D eigenvalue weighted by Gasteiger charge is -2.25. The van der Waals surface area contributed by atoms with Gasteiger partial charge in [0.05, 0.1) is 18.2 Å². The SMILES string of the molecule is CN(c1cc(C(F)(F)F)cc(N)n1)C1CCOC1. The summed E-state index contributed by atoms with van der Waals surface area (Å²) in [4.78, 5) is 5.62. The Morgan fingerprint density at radius 3 is 2.72 bits per heavy atom. The van der Waals surface area contributed by atoms with E-state index < -0.39 is 11.7 Å². The molecule has 0 amide bonds. The van der Waals surface area contributed by atoms with Crippen LogP contribution in [-0.2, 0) is 10.9 Å². The molecule has 1 aliphatic rings. The normalized spacial score (nSPS) is 20.1. The number of halogens is 3. The average Bonchev–Trinajstić information content (AvgIpc) is 2.79. The highest BCUT2D eigenvalue weighted by molar-refractivity contribution is 5.49. The number of likely N-dealkylation sites (N-methyl/N-ethyl adjacent to an activating group) is 1. The molecule has 4 nitrogen and oxygen atoms in total. The molecule has 0 saturated carbocycles. The van der Waals surface area contributed by atoms with Crippen molar-refractivity contribution in [3.05, 3.63) is 17.7 Å². The summed E-state index contributed by atoms with van der Waals surface area (Å²) < 4.78 is 43.2. The highest BCUT2D eigenvalue weighted by Gasteiger charge is 2.32. The molecule has 100 valence electrons. The van der Waals surface area contributed by atoms with Gasteiger partial charge in [-0.15, -0.1) is 0 Å². The third kappa shape index (κ3) is 2.66. The molecule has 2 heterocycles. The van der Waals surface area contributed by atoms with Gasteiger partial charge in [-0.25, -0.2) is 4.98 Å². The number of hydrogen-bond donors (Lipinski definition) is 1. The summed E-state index contributed by atoms with van der Waals surface area (Å²) in [5, 5.41) is 0. The van der Waals surface area contributed by atoms with Crippen LogP contribution in [-0.4, -0.2) is 31.3 Å². The van der Waals surface area contributed by atoms with Crippen molar-refractivity contribution in [2.24, 2.45) is 0 Å². The lowest BCUT2D eigenvalue weighted by molar-refractivity contribution is -0.137. The summed E-state index contributed by atoms with van der Waals surface area (Å²) in [5.41, 5.74) is 4.64. The number of nitrogen functional groups attached to an aromatic ring is 1. The highest BCUT2D eigenvalue weighted by atomic mass is 19.4. The summed E-state index contributed by atoms with van der Waals surface area (Å²) >= 11 is 0. The minimum absolute atomic E-state index is 0.0420. The Labute approximate surface area is 103 Å². The monoisotopic (exact) mass is 261 g/mol. The van der Waals surface area contributed by atoms with Gasteiger partial charge in [-0.3, -0.25) is 0 Å². The number of pyridine rings is 1. The summed E-state index contributed by atoms with van der Waals surface area (Å²) in [6.07, 6.45) is -3.65. The number of ether oxygens (including phenoxy) is 1. The second kappa shape index (κ2) is 4.64. The van der Waals surface area contributed by atoms with Crippen molar-refractivity contribution in [2.75, 3.05) is 30.9 Å². The second-order valence-electron chi connectivity index (χ2n) is 4.26. The number of rotatable bonds is 2. The third-order valence-corrected chi connectivity index (χ3v) is 2.97. The molecule has 0 aliphatic carbocycles. The van der Waals surface area contributed by atoms with Gasteiger partial charge in [0.15, 0.2) is 0 Å². The van der Waals surface area contributed by atoms with Gasteiger partial charge in [0, 0.05) is 13.7 Å². The zero-order chi connectivity index (χ0) is 13.3. The molecule has 7 heteroatoms. The van der Waals surface area contributed by atoms with Gasteiger partial charge in [0.25, 0.3) is 0 Å². The van der Waals surface area contributed by atoms with Crippen molar-refractivity contribution >= 4 is 11.6 Å². The number of anilines is 2. The lowest BCUT2D eigenvalue weighted by Crippen LogP contribution is -2.32. The van der Waals surface area contributed by atoms with Gasteiger partial charge in [-0.2, -0.15) is 13.2 Å². The van der Waals surface area contributed by atoms with Gasteiger partial charge in [-0.1, -0.05) is 0 Å². The molecular formula is C11H14F3N3O. The van der Waals surface area contributed by atoms with E-state index >= 15 is 0 Å². The standard InChI is InChI=1S/C11H14F3N3O/c1-17(8-2-3-18-6-8)10-5-7(11(12,13)14)4-9(15)16-10/h4-5,8H,2-3,6H2,1H3,(H2,15,16). The maximum Gasteiger partial charge on any atom is 0.416 e. The summed E-state index contributed by atoms with van der Waals surface area (Å²) in [7, 11) is 1.70. The van der Waals surface area contributed by atoms with E-state index in [1.165, 1.54) is 0 Å². The number of nitrogens with zero attached hydrogens (tertiary/aromatic N) is 2. The molecular weight excluding hydrogens is 247 g/mol. The molecule has 1 unspecified atom stereocenters. The van der Waals surface area contributed by atoms with E-state index in [0.717, 1.165) is 18.6 Å². The lowest BCUT2D eigenvalue weighted by atomic mass is 10.2. The first kappa shape index (κ1) is 12.9. The fourth-order valence-corrected chi connectivity index (χ4v) is 1.90. The Hall–Kier alpha value is -1.50. The van der Waals surface area contributed by atoms with Crippen LogP contribution in [0.15, 0.2) is 12.1 Å². The van der Waals surface area contributed by atoms with Crippen LogP contribution in [0.25, 0.3) is 0 Å². The van der Waals surface area contributed by atoms with E-state index in [0.29, 0.717) is 13.2 Å². The van der Waals surface area contributed by atoms with Crippen molar-refractivity contribution < 1.29 is 17.9 Å². The first-order valence-corrected chi connectivity index (χ1v) is 5.53. The molecule has 1 aliphatic heterocycles. The van der Waals surface area contributed by atoms with E-state index in [4.69, 9.17) is 10.5 Å². The Morgan fingerprint density at radius 1 is 1.44 bits per heavy atom. The Kier molecular flexibility index (Phi) is 3.34. The van der Waals surface area contributed by atoms with Crippen molar-refractivity contribution in [3.8, 4) is 0 Å². The van der Waals surface area contributed by atoms with Crippen LogP contribution in [0.5, 0.6) is 0 Å². The smallest absolute Gasteiger partial charge is 0.384 e. The van der Waals surface area contributed by atoms with E-state index in [9.17, 15) is 13.2 Å². The summed E-state index contributed by atoms with van der Waals surface area (Å²) in [6.45, 7) is 1.11. The minimum atomic E-state index is -4.42. The van der Waals surface area contributed by atoms with Gasteiger partial charge < -0.3 is 15.4 Å². The zero-order valence-electron chi connectivity index (χ0n) is 9.87. The van der Waals surface area contributed by atoms with Gasteiger partial charge in [-0.05, 0) is 18.6 Å². The molecule has 1 atom stereocenters. The molecule has 0 aromatic carbocycles. The largest absolute Gasteiger partial charge is 0.416 e. The van der Waals surface area contributed by atoms with E-state index in [1.54, 1.807) is 11.9 Å². The maximum atomic E-state index is 12.7. The Balaban J connectivity index is 2.29. The van der Waals surface area contributed by atoms with Crippen LogP contribution < -0.4 is 10.6 Å². The molecule has 18 heavy (non-hydrogen) atoms. The molecule has 2 rings (SSSR count). The average molecular weight is 261 g/mol. The van der Waals surface area contributed by atoms with Crippen molar-refractivity contribution in [3.63, 3.8) is 0 Å². The number of aromatic nitrogens is 1. The Morgan fingerprint density at radius 2 is 2.17 bits per heavy atom. The molecule has 2 N–H and O–H groups in total. The van der Waals surface area contributed by atoms with E-state index in [1.807, 2.05) is 0 Å². The van der Waals surface area contributed by atoms with E-state index in [2.05, 4.69) is 4.98 Å². The van der Waals surface area contributed by atoms with Gasteiger partial charge >= 0.3 is 6.18 Å². The van der Waals surface area contributed by atoms with Crippen molar-refractivity contribution in [2.45, 2.75) is 18.6 Å². The molecule has 1 fully saturated rings. The van der Waals surface area contributed by atoms with Crippen molar-refractivity contribution in [1.29, 1.82) is 0 Å². The fraction of sp³-hybridized carbons (Fsp3) is 0.545. The molecule has 0 spiro atoms. The number of alkyl halides is 3. The van der Waals surface area contributed by atoms with Crippen LogP contribution >= 0.6 is 0 Å². The molecule has 0 bridgehead atoms. The topological polar surface area (TPSA) is 51.4 Å². The summed E-state index contributed by atoms with van der Waals surface area (Å²) in [5.74, 6) is 0.0865. The molecule has 1 aromatic rings. The zero-order valence-corrected chi connectivity index (χ0v) is 9.87. The predicted octanol–water partition coefficient (Wildman–Crippen LogP) is 1.91.